The van der Waals surface area contributed by atoms with E-state index in [1.54, 1.807) is 19.2 Å². The molecule has 0 saturated heterocycles. The van der Waals surface area contributed by atoms with E-state index in [-0.39, 0.29) is 11.1 Å². The van der Waals surface area contributed by atoms with Crippen molar-refractivity contribution in [3.8, 4) is 0 Å². The highest BCUT2D eigenvalue weighted by Crippen LogP contribution is 2.44. The Bertz CT molecular complexity index is 573. The second kappa shape index (κ2) is 4.76. The zero-order valence-electron chi connectivity index (χ0n) is 11.0. The van der Waals surface area contributed by atoms with Gasteiger partial charge in [0.2, 0.25) is 0 Å². The summed E-state index contributed by atoms with van der Waals surface area (Å²) in [6.07, 6.45) is 6.07. The number of hydrogen-bond acceptors (Lipinski definition) is 4. The van der Waals surface area contributed by atoms with Crippen molar-refractivity contribution in [2.45, 2.75) is 36.8 Å². The molecule has 0 amide bonds. The summed E-state index contributed by atoms with van der Waals surface area (Å²) in [5.74, 6) is 1.23. The molecule has 2 aliphatic carbocycles. The predicted octanol–water partition coefficient (Wildman–Crippen LogP) is 1.59. The summed E-state index contributed by atoms with van der Waals surface area (Å²) < 4.78 is 27.7. The molecule has 0 aliphatic heterocycles. The Morgan fingerprint density at radius 1 is 1.32 bits per heavy atom. The predicted molar refractivity (Wildman–Crippen MR) is 73.3 cm³/mol. The van der Waals surface area contributed by atoms with E-state index in [0.717, 1.165) is 12.8 Å². The Morgan fingerprint density at radius 2 is 2.16 bits per heavy atom. The van der Waals surface area contributed by atoms with Crippen LogP contribution in [0.15, 0.2) is 23.4 Å². The van der Waals surface area contributed by atoms with Gasteiger partial charge in [0, 0.05) is 19.3 Å². The normalized spacial score (nSPS) is 29.6. The molecule has 0 radical (unpaired) electrons. The molecule has 5 nitrogen and oxygen atoms in total. The van der Waals surface area contributed by atoms with Crippen LogP contribution >= 0.6 is 0 Å². The van der Waals surface area contributed by atoms with Gasteiger partial charge >= 0.3 is 0 Å². The van der Waals surface area contributed by atoms with Gasteiger partial charge in [-0.05, 0) is 43.2 Å². The first-order chi connectivity index (χ1) is 9.10. The number of aromatic nitrogens is 1. The zero-order valence-corrected chi connectivity index (χ0v) is 11.8. The van der Waals surface area contributed by atoms with Gasteiger partial charge in [-0.2, -0.15) is 0 Å². The Hall–Kier alpha value is -1.14. The van der Waals surface area contributed by atoms with Crippen molar-refractivity contribution in [3.63, 3.8) is 0 Å². The average molecular weight is 281 g/mol. The molecule has 2 bridgehead atoms. The number of rotatable bonds is 4. The van der Waals surface area contributed by atoms with Gasteiger partial charge in [0.1, 0.15) is 0 Å². The molecule has 3 atom stereocenters. The molecule has 6 heteroatoms. The molecule has 2 N–H and O–H groups in total. The van der Waals surface area contributed by atoms with Gasteiger partial charge < -0.3 is 5.32 Å². The molecule has 2 fully saturated rings. The SMILES string of the molecule is CNc1cccnc1S(=O)(=O)NC1CC2CCC1C2. The minimum Gasteiger partial charge on any atom is -0.386 e. The smallest absolute Gasteiger partial charge is 0.260 e. The van der Waals surface area contributed by atoms with Gasteiger partial charge in [0.05, 0.1) is 5.69 Å². The number of hydrogen-bond donors (Lipinski definition) is 2. The standard InChI is InChI=1S/C13H19N3O2S/c1-14-11-3-2-6-15-13(11)19(17,18)16-12-8-9-4-5-10(12)7-9/h2-3,6,9-10,12,14,16H,4-5,7-8H2,1H3. The molecule has 19 heavy (non-hydrogen) atoms. The summed E-state index contributed by atoms with van der Waals surface area (Å²) >= 11 is 0. The maximum atomic E-state index is 12.4. The lowest BCUT2D eigenvalue weighted by Crippen LogP contribution is -2.39. The average Bonchev–Trinajstić information content (AvgIpc) is 3.00. The van der Waals surface area contributed by atoms with Gasteiger partial charge in [0.15, 0.2) is 5.03 Å². The van der Waals surface area contributed by atoms with E-state index in [2.05, 4.69) is 15.0 Å². The van der Waals surface area contributed by atoms with Gasteiger partial charge in [0.25, 0.3) is 10.0 Å². The van der Waals surface area contributed by atoms with Crippen molar-refractivity contribution in [1.82, 2.24) is 9.71 Å². The van der Waals surface area contributed by atoms with E-state index < -0.39 is 10.0 Å². The number of nitrogens with zero attached hydrogens (tertiary/aromatic N) is 1. The molecule has 104 valence electrons. The lowest BCUT2D eigenvalue weighted by Gasteiger charge is -2.22. The second-order valence-electron chi connectivity index (χ2n) is 5.51. The van der Waals surface area contributed by atoms with Crippen molar-refractivity contribution in [2.24, 2.45) is 11.8 Å². The minimum atomic E-state index is -3.53. The van der Waals surface area contributed by atoms with E-state index in [0.29, 0.717) is 17.5 Å². The first-order valence-electron chi connectivity index (χ1n) is 6.75. The van der Waals surface area contributed by atoms with Crippen LogP contribution in [-0.2, 0) is 10.0 Å². The van der Waals surface area contributed by atoms with Gasteiger partial charge in [-0.3, -0.25) is 0 Å². The Labute approximate surface area is 113 Å². The van der Waals surface area contributed by atoms with Gasteiger partial charge in [-0.1, -0.05) is 6.42 Å². The van der Waals surface area contributed by atoms with Crippen molar-refractivity contribution >= 4 is 15.7 Å². The number of pyridine rings is 1. The highest BCUT2D eigenvalue weighted by atomic mass is 32.2. The largest absolute Gasteiger partial charge is 0.386 e. The first-order valence-corrected chi connectivity index (χ1v) is 8.23. The number of anilines is 1. The minimum absolute atomic E-state index is 0.0930. The van der Waals surface area contributed by atoms with Gasteiger partial charge in [-0.25, -0.2) is 18.1 Å². The van der Waals surface area contributed by atoms with Crippen LogP contribution in [0.3, 0.4) is 0 Å². The molecular formula is C13H19N3O2S. The zero-order chi connectivity index (χ0) is 13.5. The van der Waals surface area contributed by atoms with Crippen LogP contribution in [0.1, 0.15) is 25.7 Å². The van der Waals surface area contributed by atoms with Crippen LogP contribution in [0.4, 0.5) is 5.69 Å². The van der Waals surface area contributed by atoms with Crippen LogP contribution in [0, 0.1) is 11.8 Å². The van der Waals surface area contributed by atoms with Crippen LogP contribution in [0.25, 0.3) is 0 Å². The molecule has 0 aromatic carbocycles. The van der Waals surface area contributed by atoms with Gasteiger partial charge in [-0.15, -0.1) is 0 Å². The fourth-order valence-electron chi connectivity index (χ4n) is 3.44. The molecule has 1 heterocycles. The number of fused-ring (bicyclic) bond motifs is 2. The van der Waals surface area contributed by atoms with Crippen LogP contribution in [-0.4, -0.2) is 26.5 Å². The van der Waals surface area contributed by atoms with E-state index >= 15 is 0 Å². The first kappa shape index (κ1) is 12.9. The summed E-state index contributed by atoms with van der Waals surface area (Å²) in [4.78, 5) is 4.01. The highest BCUT2D eigenvalue weighted by Gasteiger charge is 2.41. The van der Waals surface area contributed by atoms with Crippen molar-refractivity contribution in [1.29, 1.82) is 0 Å². The third kappa shape index (κ3) is 2.34. The summed E-state index contributed by atoms with van der Waals surface area (Å²) in [6.45, 7) is 0. The summed E-state index contributed by atoms with van der Waals surface area (Å²) in [5.41, 5.74) is 0.540. The lowest BCUT2D eigenvalue weighted by molar-refractivity contribution is 0.390. The van der Waals surface area contributed by atoms with E-state index in [9.17, 15) is 8.42 Å². The van der Waals surface area contributed by atoms with Crippen LogP contribution in [0.5, 0.6) is 0 Å². The van der Waals surface area contributed by atoms with E-state index in [1.165, 1.54) is 19.0 Å². The Balaban J connectivity index is 1.83. The molecule has 1 aromatic heterocycles. The second-order valence-corrected chi connectivity index (χ2v) is 7.14. The van der Waals surface area contributed by atoms with Crippen molar-refractivity contribution in [2.75, 3.05) is 12.4 Å². The monoisotopic (exact) mass is 281 g/mol. The summed E-state index contributed by atoms with van der Waals surface area (Å²) in [7, 11) is -1.83. The lowest BCUT2D eigenvalue weighted by atomic mass is 9.96. The fourth-order valence-corrected chi connectivity index (χ4v) is 4.90. The number of sulfonamides is 1. The molecule has 3 rings (SSSR count). The van der Waals surface area contributed by atoms with Crippen LogP contribution < -0.4 is 10.0 Å². The topological polar surface area (TPSA) is 71.1 Å². The fraction of sp³-hybridized carbons (Fsp3) is 0.615. The molecule has 1 aromatic rings. The maximum Gasteiger partial charge on any atom is 0.260 e. The van der Waals surface area contributed by atoms with Crippen molar-refractivity contribution in [3.05, 3.63) is 18.3 Å². The number of nitrogens with one attached hydrogen (secondary N) is 2. The van der Waals surface area contributed by atoms with E-state index in [1.807, 2.05) is 0 Å². The summed E-state index contributed by atoms with van der Waals surface area (Å²) in [5, 5.41) is 2.98. The molecular weight excluding hydrogens is 262 g/mol. The van der Waals surface area contributed by atoms with Crippen molar-refractivity contribution < 1.29 is 8.42 Å². The highest BCUT2D eigenvalue weighted by molar-refractivity contribution is 7.89. The summed E-state index contributed by atoms with van der Waals surface area (Å²) in [6, 6.07) is 3.54. The Kier molecular flexibility index (Phi) is 3.22. The molecule has 2 aliphatic rings. The molecule has 0 spiro atoms. The van der Waals surface area contributed by atoms with E-state index in [4.69, 9.17) is 0 Å². The third-order valence-corrected chi connectivity index (χ3v) is 5.79. The Morgan fingerprint density at radius 3 is 2.79 bits per heavy atom. The molecule has 3 unspecified atom stereocenters. The third-order valence-electron chi connectivity index (χ3n) is 4.34. The molecule has 2 saturated carbocycles. The quantitative estimate of drug-likeness (QED) is 0.879. The maximum absolute atomic E-state index is 12.4. The van der Waals surface area contributed by atoms with Crippen LogP contribution in [0.2, 0.25) is 0 Å².